The van der Waals surface area contributed by atoms with Crippen molar-refractivity contribution in [1.29, 1.82) is 0 Å². The number of rotatable bonds is 22. The fraction of sp³-hybridized carbons (Fsp3) is 0.488. The van der Waals surface area contributed by atoms with Crippen LogP contribution < -0.4 is 21.7 Å². The number of ether oxygens (including phenoxy) is 1. The Morgan fingerprint density at radius 2 is 1.66 bits per heavy atom. The third kappa shape index (κ3) is 15.0. The highest BCUT2D eigenvalue weighted by atomic mass is 28.3. The molecule has 0 aliphatic rings. The number of aliphatic hydroxyl groups excluding tert-OH is 1. The summed E-state index contributed by atoms with van der Waals surface area (Å²) in [4.78, 5) is 64.7. The number of aliphatic hydroxyl groups is 1. The topological polar surface area (TPSA) is 205 Å². The van der Waals surface area contributed by atoms with Crippen LogP contribution in [-0.2, 0) is 30.5 Å². The molecule has 0 fully saturated rings. The lowest BCUT2D eigenvalue weighted by molar-refractivity contribution is -0.140. The van der Waals surface area contributed by atoms with Crippen LogP contribution in [0.25, 0.3) is 11.1 Å². The van der Waals surface area contributed by atoms with E-state index in [1.165, 1.54) is 4.90 Å². The molecule has 0 saturated heterocycles. The second-order valence-corrected chi connectivity index (χ2v) is 22.1. The maximum Gasteiger partial charge on any atom is 0.407 e. The van der Waals surface area contributed by atoms with E-state index in [2.05, 4.69) is 35.6 Å². The van der Waals surface area contributed by atoms with E-state index in [9.17, 15) is 33.5 Å². The van der Waals surface area contributed by atoms with Crippen molar-refractivity contribution in [3.63, 3.8) is 0 Å². The van der Waals surface area contributed by atoms with Gasteiger partial charge in [0.15, 0.2) is 0 Å². The van der Waals surface area contributed by atoms with Crippen molar-refractivity contribution >= 4 is 37.9 Å². The van der Waals surface area contributed by atoms with Crippen LogP contribution in [0.3, 0.4) is 0 Å². The number of aromatic nitrogens is 1. The molecule has 2 aromatic carbocycles. The van der Waals surface area contributed by atoms with E-state index in [1.54, 1.807) is 12.3 Å². The number of benzene rings is 2. The largest absolute Gasteiger partial charge is 0.481 e. The zero-order valence-corrected chi connectivity index (χ0v) is 35.1. The zero-order chi connectivity index (χ0) is 43.2. The van der Waals surface area contributed by atoms with Gasteiger partial charge < -0.3 is 46.1 Å². The SMILES string of the molecule is CC(C)(C)[C@H](c1cc(-c2cc(F)ccc2F)cn1Cc1ccccc1)N(CC[C@H](NC(=O)OCC[Si](C)(C)C)C(=O)NCCN[C@H](CCC(=O)O)C(N)=O)C(=O)CO. The second-order valence-electron chi connectivity index (χ2n) is 16.5. The van der Waals surface area contributed by atoms with Gasteiger partial charge in [-0.2, -0.15) is 0 Å². The number of nitrogens with two attached hydrogens (primary N) is 1. The molecule has 1 heterocycles. The summed E-state index contributed by atoms with van der Waals surface area (Å²) in [6.45, 7) is 11.4. The molecule has 1 aromatic heterocycles. The maximum absolute atomic E-state index is 15.2. The number of carbonyl (C=O) groups is 5. The Labute approximate surface area is 339 Å². The number of aliphatic carboxylic acids is 1. The number of nitrogens with zero attached hydrogens (tertiary/aromatic N) is 2. The minimum atomic E-state index is -1.57. The molecular formula is C41H58F2N6O8Si. The Morgan fingerprint density at radius 3 is 2.26 bits per heavy atom. The van der Waals surface area contributed by atoms with Crippen LogP contribution in [0.5, 0.6) is 0 Å². The van der Waals surface area contributed by atoms with Gasteiger partial charge in [-0.25, -0.2) is 13.6 Å². The van der Waals surface area contributed by atoms with Crippen LogP contribution in [0.4, 0.5) is 13.6 Å². The Balaban J connectivity index is 1.98. The summed E-state index contributed by atoms with van der Waals surface area (Å²) in [7, 11) is -1.57. The van der Waals surface area contributed by atoms with Crippen LogP contribution in [0.2, 0.25) is 25.7 Å². The minimum Gasteiger partial charge on any atom is -0.481 e. The van der Waals surface area contributed by atoms with Gasteiger partial charge in [-0.15, -0.1) is 0 Å². The molecule has 0 bridgehead atoms. The van der Waals surface area contributed by atoms with Gasteiger partial charge in [0, 0.05) is 63.7 Å². The van der Waals surface area contributed by atoms with Crippen LogP contribution in [0, 0.1) is 17.0 Å². The van der Waals surface area contributed by atoms with Crippen LogP contribution >= 0.6 is 0 Å². The number of halogens is 2. The minimum absolute atomic E-state index is 0.0212. The summed E-state index contributed by atoms with van der Waals surface area (Å²) in [5, 5.41) is 27.4. The quantitative estimate of drug-likeness (QED) is 0.0616. The maximum atomic E-state index is 15.2. The molecule has 3 aromatic rings. The fourth-order valence-corrected chi connectivity index (χ4v) is 7.15. The number of amides is 4. The first-order valence-electron chi connectivity index (χ1n) is 19.3. The first kappa shape index (κ1) is 47.2. The van der Waals surface area contributed by atoms with Crippen LogP contribution in [-0.4, -0.2) is 102 Å². The number of alkyl carbamates (subject to hydrolysis) is 1. The van der Waals surface area contributed by atoms with E-state index < -0.39 is 79.6 Å². The molecule has 3 rings (SSSR count). The summed E-state index contributed by atoms with van der Waals surface area (Å²) in [5.74, 6) is -4.43. The van der Waals surface area contributed by atoms with Gasteiger partial charge in [0.1, 0.15) is 24.3 Å². The van der Waals surface area contributed by atoms with Gasteiger partial charge in [-0.3, -0.25) is 19.2 Å². The van der Waals surface area contributed by atoms with Crippen molar-refractivity contribution in [3.8, 4) is 11.1 Å². The third-order valence-corrected chi connectivity index (χ3v) is 11.1. The fourth-order valence-electron chi connectivity index (χ4n) is 6.44. The van der Waals surface area contributed by atoms with Gasteiger partial charge >= 0.3 is 12.1 Å². The molecule has 0 spiro atoms. The normalized spacial score (nSPS) is 13.3. The number of hydrogen-bond donors (Lipinski definition) is 6. The van der Waals surface area contributed by atoms with Gasteiger partial charge in [-0.1, -0.05) is 70.7 Å². The van der Waals surface area contributed by atoms with E-state index in [4.69, 9.17) is 15.6 Å². The molecule has 318 valence electrons. The van der Waals surface area contributed by atoms with E-state index >= 15 is 4.39 Å². The molecule has 0 saturated carbocycles. The number of primary amides is 1. The monoisotopic (exact) mass is 828 g/mol. The number of nitrogens with one attached hydrogen (secondary N) is 3. The molecule has 58 heavy (non-hydrogen) atoms. The number of carboxylic acid groups (broad SMARTS) is 1. The summed E-state index contributed by atoms with van der Waals surface area (Å²) in [5.41, 5.74) is 6.50. The molecule has 0 aliphatic carbocycles. The van der Waals surface area contributed by atoms with E-state index in [1.807, 2.05) is 55.7 Å². The van der Waals surface area contributed by atoms with E-state index in [0.29, 0.717) is 23.8 Å². The zero-order valence-electron chi connectivity index (χ0n) is 34.1. The number of hydrogen-bond acceptors (Lipinski definition) is 8. The predicted molar refractivity (Wildman–Crippen MR) is 218 cm³/mol. The number of carboxylic acids is 1. The van der Waals surface area contributed by atoms with Crippen LogP contribution in [0.15, 0.2) is 60.8 Å². The average Bonchev–Trinajstić information content (AvgIpc) is 3.53. The second kappa shape index (κ2) is 21.6. The van der Waals surface area contributed by atoms with Crippen molar-refractivity contribution in [1.82, 2.24) is 25.4 Å². The van der Waals surface area contributed by atoms with Crippen molar-refractivity contribution in [2.75, 3.05) is 32.8 Å². The van der Waals surface area contributed by atoms with Crippen LogP contribution in [0.1, 0.15) is 57.3 Å². The van der Waals surface area contributed by atoms with Crippen molar-refractivity contribution in [2.45, 2.75) is 90.4 Å². The molecule has 17 heteroatoms. The van der Waals surface area contributed by atoms with Crippen molar-refractivity contribution in [3.05, 3.63) is 83.7 Å². The highest BCUT2D eigenvalue weighted by Crippen LogP contribution is 2.41. The Morgan fingerprint density at radius 1 is 0.966 bits per heavy atom. The lowest BCUT2D eigenvalue weighted by Gasteiger charge is -2.41. The van der Waals surface area contributed by atoms with Gasteiger partial charge in [-0.05, 0) is 54.1 Å². The molecule has 4 amide bonds. The van der Waals surface area contributed by atoms with Crippen molar-refractivity contribution < 1.29 is 47.7 Å². The molecular weight excluding hydrogens is 771 g/mol. The summed E-state index contributed by atoms with van der Waals surface area (Å²) in [6.07, 6.45) is 0.367. The molecule has 14 nitrogen and oxygen atoms in total. The Bertz CT molecular complexity index is 1860. The summed E-state index contributed by atoms with van der Waals surface area (Å²) in [6, 6.07) is 12.0. The summed E-state index contributed by atoms with van der Waals surface area (Å²) >= 11 is 0. The first-order valence-corrected chi connectivity index (χ1v) is 23.0. The highest BCUT2D eigenvalue weighted by molar-refractivity contribution is 6.76. The van der Waals surface area contributed by atoms with Gasteiger partial charge in [0.05, 0.1) is 18.7 Å². The van der Waals surface area contributed by atoms with Gasteiger partial charge in [0.25, 0.3) is 0 Å². The third-order valence-electron chi connectivity index (χ3n) is 9.39. The smallest absolute Gasteiger partial charge is 0.407 e. The van der Waals surface area contributed by atoms with E-state index in [0.717, 1.165) is 23.8 Å². The Kier molecular flexibility index (Phi) is 17.6. The first-order chi connectivity index (χ1) is 27.2. The van der Waals surface area contributed by atoms with Crippen molar-refractivity contribution in [2.24, 2.45) is 11.1 Å². The predicted octanol–water partition coefficient (Wildman–Crippen LogP) is 4.64. The molecule has 3 atom stereocenters. The number of carbonyl (C=O) groups excluding carboxylic acids is 4. The molecule has 0 aliphatic heterocycles. The standard InChI is InChI=1S/C41H58F2N6O8Si/c1-41(2,3)37(34-22-28(30-23-29(42)12-13-31(30)43)25-48(34)24-27-10-8-7-9-11-27)49(35(51)26-50)19-16-33(47-40(56)57-20-21-58(4,5)6)39(55)46-18-17-45-32(38(44)54)14-15-36(52)53/h7-13,22-23,25,32-33,37,45,50H,14-21,24,26H2,1-6H3,(H2,44,54)(H,46,55)(H,47,56)(H,52,53)/t32-,33+,37+/m1/s1. The Hall–Kier alpha value is -5.13. The van der Waals surface area contributed by atoms with E-state index in [-0.39, 0.29) is 51.1 Å². The summed E-state index contributed by atoms with van der Waals surface area (Å²) < 4.78 is 36.9. The molecule has 0 radical (unpaired) electrons. The molecule has 7 N–H and O–H groups in total. The molecule has 0 unspecified atom stereocenters. The van der Waals surface area contributed by atoms with Gasteiger partial charge in [0.2, 0.25) is 17.7 Å². The average molecular weight is 829 g/mol. The highest BCUT2D eigenvalue weighted by Gasteiger charge is 2.38. The lowest BCUT2D eigenvalue weighted by Crippen LogP contribution is -2.52. The lowest BCUT2D eigenvalue weighted by atomic mass is 9.82.